The van der Waals surface area contributed by atoms with Crippen LogP contribution in [0.1, 0.15) is 32.4 Å². The maximum absolute atomic E-state index is 13.7. The first-order chi connectivity index (χ1) is 10.0. The third kappa shape index (κ3) is 4.92. The van der Waals surface area contributed by atoms with Crippen molar-refractivity contribution >= 4 is 11.8 Å². The highest BCUT2D eigenvalue weighted by Crippen LogP contribution is 2.24. The van der Waals surface area contributed by atoms with Gasteiger partial charge < -0.3 is 15.8 Å². The first-order valence-corrected chi connectivity index (χ1v) is 6.37. The van der Waals surface area contributed by atoms with Crippen LogP contribution < -0.4 is 11.1 Å². The fraction of sp³-hybridized carbons (Fsp3) is 0.462. The summed E-state index contributed by atoms with van der Waals surface area (Å²) >= 11 is 0. The first-order valence-electron chi connectivity index (χ1n) is 6.37. The number of hydrogen-bond donors (Lipinski definition) is 2. The van der Waals surface area contributed by atoms with Gasteiger partial charge >= 0.3 is 11.8 Å². The molecule has 0 aromatic heterocycles. The van der Waals surface area contributed by atoms with Crippen LogP contribution in [0, 0.1) is 21.7 Å². The molecule has 0 aliphatic carbocycles. The van der Waals surface area contributed by atoms with E-state index < -0.39 is 40.0 Å². The maximum Gasteiger partial charge on any atom is 0.407 e. The number of alkyl carbamates (subject to hydrolysis) is 1. The van der Waals surface area contributed by atoms with Gasteiger partial charge in [0.25, 0.3) is 0 Å². The molecule has 1 aromatic rings. The van der Waals surface area contributed by atoms with Crippen LogP contribution in [-0.2, 0) is 4.74 Å². The van der Waals surface area contributed by atoms with Gasteiger partial charge in [-0.3, -0.25) is 10.1 Å². The summed E-state index contributed by atoms with van der Waals surface area (Å²) in [4.78, 5) is 20.9. The predicted molar refractivity (Wildman–Crippen MR) is 74.2 cm³/mol. The molecule has 1 atom stereocenters. The van der Waals surface area contributed by atoms with E-state index in [1.807, 2.05) is 0 Å². The van der Waals surface area contributed by atoms with Gasteiger partial charge in [-0.05, 0) is 26.8 Å². The van der Waals surface area contributed by atoms with E-state index in [0.717, 1.165) is 0 Å². The summed E-state index contributed by atoms with van der Waals surface area (Å²) in [5, 5.41) is 12.8. The normalized spacial score (nSPS) is 12.6. The number of ether oxygens (including phenoxy) is 1. The lowest BCUT2D eigenvalue weighted by Crippen LogP contribution is -2.36. The molecule has 1 unspecified atom stereocenters. The van der Waals surface area contributed by atoms with Crippen LogP contribution in [0.15, 0.2) is 12.1 Å². The number of nitro benzene ring substituents is 1. The molecule has 0 fully saturated rings. The van der Waals surface area contributed by atoms with Crippen LogP contribution in [0.4, 0.5) is 19.3 Å². The molecular weight excluding hydrogens is 300 g/mol. The minimum absolute atomic E-state index is 0.219. The topological polar surface area (TPSA) is 107 Å². The summed E-state index contributed by atoms with van der Waals surface area (Å²) < 4.78 is 32.2. The Morgan fingerprint density at radius 1 is 1.41 bits per heavy atom. The van der Waals surface area contributed by atoms with Crippen molar-refractivity contribution in [1.29, 1.82) is 0 Å². The van der Waals surface area contributed by atoms with E-state index in [-0.39, 0.29) is 12.1 Å². The van der Waals surface area contributed by atoms with E-state index >= 15 is 0 Å². The summed E-state index contributed by atoms with van der Waals surface area (Å²) in [5.41, 5.74) is 3.69. The van der Waals surface area contributed by atoms with Gasteiger partial charge in [-0.1, -0.05) is 0 Å². The summed E-state index contributed by atoms with van der Waals surface area (Å²) in [6.07, 6.45) is -0.759. The molecule has 7 nitrogen and oxygen atoms in total. The van der Waals surface area contributed by atoms with E-state index in [1.165, 1.54) is 0 Å². The third-order valence-corrected chi connectivity index (χ3v) is 2.53. The number of amides is 1. The molecule has 22 heavy (non-hydrogen) atoms. The fourth-order valence-electron chi connectivity index (χ4n) is 1.59. The second-order valence-corrected chi connectivity index (χ2v) is 5.57. The first kappa shape index (κ1) is 17.8. The zero-order chi connectivity index (χ0) is 17.1. The van der Waals surface area contributed by atoms with E-state index in [1.54, 1.807) is 20.8 Å². The number of carbonyl (C=O) groups is 1. The van der Waals surface area contributed by atoms with Crippen molar-refractivity contribution in [2.24, 2.45) is 5.73 Å². The third-order valence-electron chi connectivity index (χ3n) is 2.53. The molecule has 0 saturated heterocycles. The molecule has 0 aliphatic rings. The average Bonchev–Trinajstić information content (AvgIpc) is 2.35. The second-order valence-electron chi connectivity index (χ2n) is 5.57. The van der Waals surface area contributed by atoms with Gasteiger partial charge in [0.05, 0.1) is 17.0 Å². The summed E-state index contributed by atoms with van der Waals surface area (Å²) in [7, 11) is 0. The molecule has 1 amide bonds. The Morgan fingerprint density at radius 2 is 2.00 bits per heavy atom. The highest BCUT2D eigenvalue weighted by atomic mass is 19.1. The molecule has 0 radical (unpaired) electrons. The zero-order valence-electron chi connectivity index (χ0n) is 12.4. The molecule has 0 bridgehead atoms. The van der Waals surface area contributed by atoms with Crippen LogP contribution in [0.3, 0.4) is 0 Å². The fourth-order valence-corrected chi connectivity index (χ4v) is 1.59. The smallest absolute Gasteiger partial charge is 0.407 e. The van der Waals surface area contributed by atoms with Crippen LogP contribution in [0.2, 0.25) is 0 Å². The molecule has 122 valence electrons. The van der Waals surface area contributed by atoms with Crippen molar-refractivity contribution in [2.45, 2.75) is 32.4 Å². The van der Waals surface area contributed by atoms with E-state index in [2.05, 4.69) is 5.32 Å². The van der Waals surface area contributed by atoms with Crippen molar-refractivity contribution in [3.05, 3.63) is 39.4 Å². The predicted octanol–water partition coefficient (Wildman–Crippen LogP) is 2.40. The van der Waals surface area contributed by atoms with Gasteiger partial charge in [0.1, 0.15) is 11.4 Å². The van der Waals surface area contributed by atoms with Gasteiger partial charge in [0, 0.05) is 12.1 Å². The molecule has 0 aliphatic heterocycles. The second kappa shape index (κ2) is 6.65. The van der Waals surface area contributed by atoms with Crippen molar-refractivity contribution in [2.75, 3.05) is 6.54 Å². The number of benzene rings is 1. The summed E-state index contributed by atoms with van der Waals surface area (Å²) in [6.45, 7) is 4.77. The summed E-state index contributed by atoms with van der Waals surface area (Å²) in [6, 6.07) is 0.0234. The van der Waals surface area contributed by atoms with Gasteiger partial charge in [-0.15, -0.1) is 0 Å². The number of carbonyl (C=O) groups excluding carboxylic acids is 1. The van der Waals surface area contributed by atoms with Crippen LogP contribution in [0.5, 0.6) is 0 Å². The van der Waals surface area contributed by atoms with Crippen molar-refractivity contribution < 1.29 is 23.2 Å². The number of rotatable bonds is 4. The molecular formula is C13H17F2N3O4. The Hall–Kier alpha value is -2.29. The number of nitro groups is 1. The van der Waals surface area contributed by atoms with Crippen molar-refractivity contribution in [3.63, 3.8) is 0 Å². The van der Waals surface area contributed by atoms with Crippen LogP contribution in [-0.4, -0.2) is 23.2 Å². The lowest BCUT2D eigenvalue weighted by Gasteiger charge is -2.21. The SMILES string of the molecule is CC(C)(C)OC(=O)NCC(N)c1cc(F)c([N+](=O)[O-])cc1F. The lowest BCUT2D eigenvalue weighted by molar-refractivity contribution is -0.387. The van der Waals surface area contributed by atoms with Crippen molar-refractivity contribution in [3.8, 4) is 0 Å². The molecule has 0 spiro atoms. The standard InChI is InChI=1S/C13H17F2N3O4/c1-13(2,3)22-12(19)17-6-10(16)7-4-9(15)11(18(20)21)5-8(7)14/h4-5,10H,6,16H2,1-3H3,(H,17,19). The Kier molecular flexibility index (Phi) is 5.37. The van der Waals surface area contributed by atoms with Gasteiger partial charge in [-0.2, -0.15) is 4.39 Å². The van der Waals surface area contributed by atoms with E-state index in [9.17, 15) is 23.7 Å². The van der Waals surface area contributed by atoms with Gasteiger partial charge in [-0.25, -0.2) is 9.18 Å². The Bertz CT molecular complexity index is 587. The van der Waals surface area contributed by atoms with E-state index in [0.29, 0.717) is 12.1 Å². The quantitative estimate of drug-likeness (QED) is 0.655. The molecule has 3 N–H and O–H groups in total. The average molecular weight is 317 g/mol. The molecule has 0 heterocycles. The Labute approximate surface area is 125 Å². The van der Waals surface area contributed by atoms with Crippen molar-refractivity contribution in [1.82, 2.24) is 5.32 Å². The van der Waals surface area contributed by atoms with E-state index in [4.69, 9.17) is 10.5 Å². The number of nitrogens with two attached hydrogens (primary N) is 1. The largest absolute Gasteiger partial charge is 0.444 e. The number of nitrogens with one attached hydrogen (secondary N) is 1. The van der Waals surface area contributed by atoms with Gasteiger partial charge in [0.2, 0.25) is 5.82 Å². The highest BCUT2D eigenvalue weighted by molar-refractivity contribution is 5.67. The number of hydrogen-bond acceptors (Lipinski definition) is 5. The van der Waals surface area contributed by atoms with Crippen LogP contribution in [0.25, 0.3) is 0 Å². The lowest BCUT2D eigenvalue weighted by atomic mass is 10.1. The molecule has 9 heteroatoms. The molecule has 1 aromatic carbocycles. The number of halogens is 2. The van der Waals surface area contributed by atoms with Crippen LogP contribution >= 0.6 is 0 Å². The Morgan fingerprint density at radius 3 is 2.50 bits per heavy atom. The number of nitrogens with zero attached hydrogens (tertiary/aromatic N) is 1. The monoisotopic (exact) mass is 317 g/mol. The molecule has 1 rings (SSSR count). The van der Waals surface area contributed by atoms with Gasteiger partial charge in [0.15, 0.2) is 0 Å². The highest BCUT2D eigenvalue weighted by Gasteiger charge is 2.22. The maximum atomic E-state index is 13.7. The zero-order valence-corrected chi connectivity index (χ0v) is 12.4. The Balaban J connectivity index is 2.78. The summed E-state index contributed by atoms with van der Waals surface area (Å²) in [5.74, 6) is -2.22. The minimum atomic E-state index is -1.20. The minimum Gasteiger partial charge on any atom is -0.444 e. The molecule has 0 saturated carbocycles.